The molecule has 0 spiro atoms. The van der Waals surface area contributed by atoms with Gasteiger partial charge in [0.05, 0.1) is 18.6 Å². The number of amides is 1. The molecule has 1 aliphatic carbocycles. The summed E-state index contributed by atoms with van der Waals surface area (Å²) in [5, 5.41) is 12.8. The molecule has 3 rings (SSSR count). The molecular formula is C18H28N4O5S. The zero-order chi connectivity index (χ0) is 20.1. The molecule has 0 radical (unpaired) electrons. The number of carbonyl (C=O) groups excluding carboxylic acids is 1. The normalized spacial score (nSPS) is 20.1. The number of sulfonamides is 1. The molecule has 0 unspecified atom stereocenters. The fourth-order valence-electron chi connectivity index (χ4n) is 3.82. The molecule has 1 amide bonds. The summed E-state index contributed by atoms with van der Waals surface area (Å²) in [6.07, 6.45) is 11.3. The Kier molecular flexibility index (Phi) is 6.84. The summed E-state index contributed by atoms with van der Waals surface area (Å²) in [6.45, 7) is 0.658. The van der Waals surface area contributed by atoms with E-state index in [9.17, 15) is 13.2 Å². The van der Waals surface area contributed by atoms with Gasteiger partial charge in [-0.1, -0.05) is 43.3 Å². The van der Waals surface area contributed by atoms with Gasteiger partial charge in [-0.2, -0.15) is 4.98 Å². The smallest absolute Gasteiger partial charge is 0.254 e. The van der Waals surface area contributed by atoms with E-state index in [2.05, 4.69) is 10.1 Å². The molecule has 2 N–H and O–H groups in total. The zero-order valence-corrected chi connectivity index (χ0v) is 16.9. The fraction of sp³-hybridized carbons (Fsp3) is 0.722. The van der Waals surface area contributed by atoms with Gasteiger partial charge in [-0.15, -0.1) is 0 Å². The highest BCUT2D eigenvalue weighted by molar-refractivity contribution is 7.88. The van der Waals surface area contributed by atoms with E-state index < -0.39 is 15.9 Å². The van der Waals surface area contributed by atoms with E-state index in [1.165, 1.54) is 42.7 Å². The topological polar surface area (TPSA) is 126 Å². The second-order valence-electron chi connectivity index (χ2n) is 7.76. The van der Waals surface area contributed by atoms with Crippen LogP contribution in [0.25, 0.3) is 5.57 Å². The monoisotopic (exact) mass is 412 g/mol. The van der Waals surface area contributed by atoms with Gasteiger partial charge in [0.1, 0.15) is 0 Å². The summed E-state index contributed by atoms with van der Waals surface area (Å²) in [6, 6.07) is 0. The lowest BCUT2D eigenvalue weighted by Gasteiger charge is -2.34. The van der Waals surface area contributed by atoms with Gasteiger partial charge in [-0.3, -0.25) is 10.0 Å². The molecule has 1 saturated heterocycles. The highest BCUT2D eigenvalue weighted by Gasteiger charge is 2.37. The van der Waals surface area contributed by atoms with Crippen LogP contribution in [0.15, 0.2) is 10.6 Å². The lowest BCUT2D eigenvalue weighted by atomic mass is 9.86. The number of nitrogens with zero attached hydrogens (tertiary/aromatic N) is 3. The maximum absolute atomic E-state index is 11.7. The summed E-state index contributed by atoms with van der Waals surface area (Å²) >= 11 is 0. The summed E-state index contributed by atoms with van der Waals surface area (Å²) in [5.74, 6) is 0.753. The minimum Gasteiger partial charge on any atom is -0.334 e. The number of allylic oxidation sites excluding steroid dienone is 1. The maximum atomic E-state index is 11.7. The number of hydrogen-bond donors (Lipinski definition) is 2. The van der Waals surface area contributed by atoms with Crippen molar-refractivity contribution < 1.29 is 22.9 Å². The molecule has 1 aliphatic heterocycles. The Labute approximate surface area is 165 Å². The summed E-state index contributed by atoms with van der Waals surface area (Å²) in [5.41, 5.74) is 2.22. The molecular weight excluding hydrogens is 384 g/mol. The molecule has 0 atom stereocenters. The highest BCUT2D eigenvalue weighted by Crippen LogP contribution is 2.30. The Bertz CT molecular complexity index is 808. The first-order chi connectivity index (χ1) is 13.4. The molecule has 1 aromatic heterocycles. The molecule has 0 aromatic carbocycles. The van der Waals surface area contributed by atoms with Gasteiger partial charge in [0, 0.05) is 18.7 Å². The lowest BCUT2D eigenvalue weighted by Crippen LogP contribution is -2.48. The van der Waals surface area contributed by atoms with Gasteiger partial charge < -0.3 is 4.52 Å². The molecule has 28 heavy (non-hydrogen) atoms. The fourth-order valence-corrected chi connectivity index (χ4v) is 4.72. The van der Waals surface area contributed by atoms with E-state index in [0.29, 0.717) is 30.4 Å². The van der Waals surface area contributed by atoms with Crippen molar-refractivity contribution in [2.24, 2.45) is 5.92 Å². The molecule has 0 bridgehead atoms. The minimum atomic E-state index is -3.20. The van der Waals surface area contributed by atoms with Crippen LogP contribution in [0.1, 0.15) is 69.0 Å². The summed E-state index contributed by atoms with van der Waals surface area (Å²) in [4.78, 5) is 16.0. The molecule has 2 heterocycles. The number of nitrogens with one attached hydrogen (secondary N) is 1. The zero-order valence-electron chi connectivity index (χ0n) is 16.1. The number of hydrogen-bond acceptors (Lipinski definition) is 7. The van der Waals surface area contributed by atoms with Crippen LogP contribution in [0, 0.1) is 5.92 Å². The van der Waals surface area contributed by atoms with Crippen LogP contribution in [-0.2, 0) is 14.8 Å². The van der Waals surface area contributed by atoms with Crippen LogP contribution in [0.2, 0.25) is 0 Å². The quantitative estimate of drug-likeness (QED) is 0.494. The molecule has 9 nitrogen and oxygen atoms in total. The molecule has 2 fully saturated rings. The van der Waals surface area contributed by atoms with Crippen molar-refractivity contribution in [1.29, 1.82) is 0 Å². The third-order valence-electron chi connectivity index (χ3n) is 5.56. The number of aromatic nitrogens is 2. The number of carbonyl (C=O) groups is 1. The van der Waals surface area contributed by atoms with Gasteiger partial charge in [-0.05, 0) is 18.8 Å². The highest BCUT2D eigenvalue weighted by atomic mass is 32.2. The first-order valence-electron chi connectivity index (χ1n) is 9.78. The molecule has 1 aromatic rings. The van der Waals surface area contributed by atoms with E-state index in [4.69, 9.17) is 9.73 Å². The van der Waals surface area contributed by atoms with E-state index in [0.717, 1.165) is 12.8 Å². The Morgan fingerprint density at radius 3 is 2.68 bits per heavy atom. The predicted molar refractivity (Wildman–Crippen MR) is 102 cm³/mol. The van der Waals surface area contributed by atoms with E-state index in [1.54, 1.807) is 5.48 Å². The van der Waals surface area contributed by atoms with Crippen LogP contribution in [0.4, 0.5) is 0 Å². The van der Waals surface area contributed by atoms with Gasteiger partial charge in [0.15, 0.2) is 5.82 Å². The SMILES string of the molecule is CS(=O)(=O)N1CC(c2noc(/C(=C\CCC3CCCCC3)CC(=O)NO)n2)C1. The van der Waals surface area contributed by atoms with Crippen LogP contribution >= 0.6 is 0 Å². The van der Waals surface area contributed by atoms with E-state index >= 15 is 0 Å². The molecule has 156 valence electrons. The van der Waals surface area contributed by atoms with E-state index in [1.807, 2.05) is 6.08 Å². The van der Waals surface area contributed by atoms with Gasteiger partial charge >= 0.3 is 0 Å². The molecule has 10 heteroatoms. The Balaban J connectivity index is 1.64. The number of hydroxylamine groups is 1. The van der Waals surface area contributed by atoms with Crippen molar-refractivity contribution in [2.45, 2.75) is 57.3 Å². The first kappa shape index (κ1) is 20.9. The van der Waals surface area contributed by atoms with Gasteiger partial charge in [0.2, 0.25) is 15.9 Å². The summed E-state index contributed by atoms with van der Waals surface area (Å²) < 4.78 is 29.7. The van der Waals surface area contributed by atoms with E-state index in [-0.39, 0.29) is 18.2 Å². The molecule has 2 aliphatic rings. The maximum Gasteiger partial charge on any atom is 0.254 e. The first-order valence-corrected chi connectivity index (χ1v) is 11.6. The largest absolute Gasteiger partial charge is 0.334 e. The van der Waals surface area contributed by atoms with Crippen molar-refractivity contribution >= 4 is 21.5 Å². The Morgan fingerprint density at radius 2 is 2.04 bits per heavy atom. The van der Waals surface area contributed by atoms with Crippen LogP contribution in [0.5, 0.6) is 0 Å². The van der Waals surface area contributed by atoms with Crippen LogP contribution in [0.3, 0.4) is 0 Å². The summed E-state index contributed by atoms with van der Waals surface area (Å²) in [7, 11) is -3.20. The Hall–Kier alpha value is -1.78. The number of rotatable bonds is 8. The van der Waals surface area contributed by atoms with Crippen molar-refractivity contribution in [3.8, 4) is 0 Å². The lowest BCUT2D eigenvalue weighted by molar-refractivity contribution is -0.128. The second-order valence-corrected chi connectivity index (χ2v) is 9.74. The standard InChI is InChI=1S/C18H28N4O5S/c1-28(25,26)22-11-15(12-22)17-19-18(27-21-17)14(10-16(23)20-24)9-5-8-13-6-3-2-4-7-13/h9,13,15,24H,2-8,10-12H2,1H3,(H,20,23)/b14-9-. The van der Waals surface area contributed by atoms with Crippen LogP contribution < -0.4 is 5.48 Å². The second kappa shape index (κ2) is 9.15. The van der Waals surface area contributed by atoms with Crippen LogP contribution in [-0.4, -0.2) is 53.3 Å². The molecule has 1 saturated carbocycles. The van der Waals surface area contributed by atoms with Crippen molar-refractivity contribution in [1.82, 2.24) is 19.9 Å². The van der Waals surface area contributed by atoms with Crippen molar-refractivity contribution in [2.75, 3.05) is 19.3 Å². The third kappa shape index (κ3) is 5.39. The predicted octanol–water partition coefficient (Wildman–Crippen LogP) is 2.07. The Morgan fingerprint density at radius 1 is 1.32 bits per heavy atom. The average Bonchev–Trinajstić information content (AvgIpc) is 3.08. The van der Waals surface area contributed by atoms with Gasteiger partial charge in [-0.25, -0.2) is 18.2 Å². The van der Waals surface area contributed by atoms with Crippen molar-refractivity contribution in [3.63, 3.8) is 0 Å². The van der Waals surface area contributed by atoms with Gasteiger partial charge in [0.25, 0.3) is 5.89 Å². The van der Waals surface area contributed by atoms with Crippen molar-refractivity contribution in [3.05, 3.63) is 17.8 Å². The average molecular weight is 413 g/mol. The minimum absolute atomic E-state index is 0.0526. The third-order valence-corrected chi connectivity index (χ3v) is 6.80.